The van der Waals surface area contributed by atoms with Crippen molar-refractivity contribution in [1.82, 2.24) is 5.32 Å². The number of methoxy groups -OCH3 is 1. The fourth-order valence-corrected chi connectivity index (χ4v) is 4.11. The van der Waals surface area contributed by atoms with Gasteiger partial charge in [0.05, 0.1) is 30.8 Å². The van der Waals surface area contributed by atoms with Crippen LogP contribution >= 0.6 is 22.6 Å². The number of ether oxygens (including phenoxy) is 3. The highest BCUT2D eigenvalue weighted by Crippen LogP contribution is 2.46. The Morgan fingerprint density at radius 2 is 2.04 bits per heavy atom. The third-order valence-electron chi connectivity index (χ3n) is 4.68. The maximum Gasteiger partial charge on any atom is 0.338 e. The molecule has 2 aromatic rings. The molecule has 0 bridgehead atoms. The summed E-state index contributed by atoms with van der Waals surface area (Å²) in [4.78, 5) is 24.9. The van der Waals surface area contributed by atoms with Crippen LogP contribution in [0.3, 0.4) is 0 Å². The highest BCUT2D eigenvalue weighted by atomic mass is 127. The average molecular weight is 495 g/mol. The summed E-state index contributed by atoms with van der Waals surface area (Å²) in [5.74, 6) is 0.367. The number of amides is 1. The van der Waals surface area contributed by atoms with Crippen molar-refractivity contribution in [3.8, 4) is 11.5 Å². The number of carbonyl (C=O) groups is 2. The second-order valence-corrected chi connectivity index (χ2v) is 7.19. The van der Waals surface area contributed by atoms with Gasteiger partial charge in [-0.2, -0.15) is 0 Å². The molecule has 1 heterocycles. The molecule has 1 aliphatic rings. The third kappa shape index (κ3) is 3.80. The van der Waals surface area contributed by atoms with Gasteiger partial charge in [0.25, 0.3) is 5.91 Å². The minimum absolute atomic E-state index is 0.125. The normalized spacial score (nSPS) is 17.4. The molecule has 0 saturated carbocycles. The van der Waals surface area contributed by atoms with Crippen molar-refractivity contribution in [1.29, 1.82) is 0 Å². The fraction of sp³-hybridized carbons (Fsp3) is 0.333. The maximum absolute atomic E-state index is 12.5. The highest BCUT2D eigenvalue weighted by Gasteiger charge is 2.38. The Labute approximate surface area is 177 Å². The minimum Gasteiger partial charge on any atom is -0.497 e. The fourth-order valence-electron chi connectivity index (χ4n) is 3.42. The lowest BCUT2D eigenvalue weighted by molar-refractivity contribution is 0.0526. The summed E-state index contributed by atoms with van der Waals surface area (Å²) < 4.78 is 17.4. The number of halogens is 1. The number of hydrogen-bond acceptors (Lipinski definition) is 5. The zero-order chi connectivity index (χ0) is 20.3. The zero-order valence-electron chi connectivity index (χ0n) is 16.0. The molecule has 1 amide bonds. The zero-order valence-corrected chi connectivity index (χ0v) is 18.1. The first-order valence-electron chi connectivity index (χ1n) is 8.97. The van der Waals surface area contributed by atoms with Gasteiger partial charge >= 0.3 is 5.97 Å². The molecule has 148 valence electrons. The molecule has 0 saturated heterocycles. The summed E-state index contributed by atoms with van der Waals surface area (Å²) in [6.45, 7) is 2.01. The number of alkyl halides is 1. The second-order valence-electron chi connectivity index (χ2n) is 6.31. The molecule has 7 heteroatoms. The Kier molecular flexibility index (Phi) is 6.43. The SMILES string of the molecule is CCOC(=O)c1cc(C(=O)NC)c2c(c1)[C@H](c1cccc(OC)c1)[C@@H](CI)O2. The van der Waals surface area contributed by atoms with Gasteiger partial charge in [-0.15, -0.1) is 0 Å². The van der Waals surface area contributed by atoms with Crippen LogP contribution in [0.15, 0.2) is 36.4 Å². The number of hydrogen-bond donors (Lipinski definition) is 1. The van der Waals surface area contributed by atoms with E-state index in [1.165, 1.54) is 6.07 Å². The van der Waals surface area contributed by atoms with Crippen LogP contribution in [0.1, 0.15) is 44.7 Å². The van der Waals surface area contributed by atoms with E-state index in [1.807, 2.05) is 24.3 Å². The number of fused-ring (bicyclic) bond motifs is 1. The van der Waals surface area contributed by atoms with Gasteiger partial charge < -0.3 is 19.5 Å². The van der Waals surface area contributed by atoms with E-state index >= 15 is 0 Å². The van der Waals surface area contributed by atoms with Gasteiger partial charge in [-0.1, -0.05) is 34.7 Å². The van der Waals surface area contributed by atoms with Crippen molar-refractivity contribution in [2.75, 3.05) is 25.2 Å². The van der Waals surface area contributed by atoms with Crippen LogP contribution in [-0.2, 0) is 4.74 Å². The predicted octanol–water partition coefficient (Wildman–Crippen LogP) is 3.56. The maximum atomic E-state index is 12.5. The van der Waals surface area contributed by atoms with Crippen molar-refractivity contribution in [3.63, 3.8) is 0 Å². The van der Waals surface area contributed by atoms with Gasteiger partial charge in [-0.05, 0) is 36.8 Å². The first-order valence-corrected chi connectivity index (χ1v) is 10.5. The standard InChI is InChI=1S/C21H22INO5/c1-4-27-21(25)13-9-15-18(12-6-5-7-14(8-12)26-3)17(11-22)28-19(15)16(10-13)20(24)23-2/h5-10,17-18H,4,11H2,1-3H3,(H,23,24)/t17-,18+/m1/s1. The molecular weight excluding hydrogens is 473 g/mol. The molecule has 1 aliphatic heterocycles. The number of esters is 1. The van der Waals surface area contributed by atoms with Crippen molar-refractivity contribution in [2.45, 2.75) is 18.9 Å². The van der Waals surface area contributed by atoms with Crippen LogP contribution in [0.4, 0.5) is 0 Å². The number of benzene rings is 2. The highest BCUT2D eigenvalue weighted by molar-refractivity contribution is 14.1. The summed E-state index contributed by atoms with van der Waals surface area (Å²) in [6, 6.07) is 11.1. The lowest BCUT2D eigenvalue weighted by Gasteiger charge is -2.18. The van der Waals surface area contributed by atoms with E-state index < -0.39 is 5.97 Å². The Hall–Kier alpha value is -2.29. The topological polar surface area (TPSA) is 73.9 Å². The quantitative estimate of drug-likeness (QED) is 0.377. The average Bonchev–Trinajstić information content (AvgIpc) is 3.11. The van der Waals surface area contributed by atoms with Gasteiger partial charge in [0.1, 0.15) is 17.6 Å². The smallest absolute Gasteiger partial charge is 0.338 e. The molecule has 0 fully saturated rings. The molecule has 1 N–H and O–H groups in total. The summed E-state index contributed by atoms with van der Waals surface area (Å²) in [5, 5.41) is 2.62. The summed E-state index contributed by atoms with van der Waals surface area (Å²) in [5.41, 5.74) is 2.48. The van der Waals surface area contributed by atoms with Crippen molar-refractivity contribution in [3.05, 3.63) is 58.7 Å². The van der Waals surface area contributed by atoms with Gasteiger partial charge in [0.2, 0.25) is 0 Å². The van der Waals surface area contributed by atoms with Crippen LogP contribution in [0.5, 0.6) is 11.5 Å². The van der Waals surface area contributed by atoms with Crippen LogP contribution in [0.2, 0.25) is 0 Å². The molecule has 0 unspecified atom stereocenters. The monoisotopic (exact) mass is 495 g/mol. The molecule has 3 rings (SSSR count). The third-order valence-corrected chi connectivity index (χ3v) is 5.55. The Morgan fingerprint density at radius 1 is 1.25 bits per heavy atom. The molecule has 6 nitrogen and oxygen atoms in total. The predicted molar refractivity (Wildman–Crippen MR) is 114 cm³/mol. The lowest BCUT2D eigenvalue weighted by Crippen LogP contribution is -2.22. The van der Waals surface area contributed by atoms with E-state index in [0.29, 0.717) is 16.9 Å². The van der Waals surface area contributed by atoms with Crippen molar-refractivity contribution >= 4 is 34.5 Å². The first kappa shape index (κ1) is 20.4. The molecule has 28 heavy (non-hydrogen) atoms. The van der Waals surface area contributed by atoms with Crippen LogP contribution in [-0.4, -0.2) is 43.2 Å². The van der Waals surface area contributed by atoms with Gasteiger partial charge in [0, 0.05) is 17.0 Å². The number of nitrogens with one attached hydrogen (secondary N) is 1. The Bertz CT molecular complexity index is 898. The van der Waals surface area contributed by atoms with Crippen LogP contribution in [0, 0.1) is 0 Å². The molecule has 2 atom stereocenters. The number of rotatable bonds is 6. The first-order chi connectivity index (χ1) is 13.5. The van der Waals surface area contributed by atoms with Gasteiger partial charge in [-0.3, -0.25) is 4.79 Å². The minimum atomic E-state index is -0.460. The van der Waals surface area contributed by atoms with Crippen molar-refractivity contribution < 1.29 is 23.8 Å². The molecule has 0 radical (unpaired) electrons. The molecular formula is C21H22INO5. The summed E-state index contributed by atoms with van der Waals surface area (Å²) in [6.07, 6.45) is -0.163. The van der Waals surface area contributed by atoms with E-state index in [4.69, 9.17) is 14.2 Å². The second kappa shape index (κ2) is 8.81. The van der Waals surface area contributed by atoms with E-state index in [9.17, 15) is 9.59 Å². The number of carbonyl (C=O) groups excluding carboxylic acids is 2. The molecule has 0 spiro atoms. The van der Waals surface area contributed by atoms with E-state index in [2.05, 4.69) is 27.9 Å². The van der Waals surface area contributed by atoms with E-state index in [-0.39, 0.29) is 24.5 Å². The van der Waals surface area contributed by atoms with Gasteiger partial charge in [0.15, 0.2) is 0 Å². The molecule has 0 aromatic heterocycles. The van der Waals surface area contributed by atoms with E-state index in [0.717, 1.165) is 21.3 Å². The van der Waals surface area contributed by atoms with E-state index in [1.54, 1.807) is 27.1 Å². The molecule has 2 aromatic carbocycles. The van der Waals surface area contributed by atoms with Crippen LogP contribution in [0.25, 0.3) is 0 Å². The lowest BCUT2D eigenvalue weighted by atomic mass is 9.87. The molecule has 0 aliphatic carbocycles. The summed E-state index contributed by atoms with van der Waals surface area (Å²) in [7, 11) is 3.17. The van der Waals surface area contributed by atoms with Crippen LogP contribution < -0.4 is 14.8 Å². The largest absolute Gasteiger partial charge is 0.497 e. The summed E-state index contributed by atoms with van der Waals surface area (Å²) >= 11 is 2.27. The Balaban J connectivity index is 2.19. The Morgan fingerprint density at radius 3 is 2.68 bits per heavy atom. The van der Waals surface area contributed by atoms with Gasteiger partial charge in [-0.25, -0.2) is 4.79 Å². The van der Waals surface area contributed by atoms with Crippen molar-refractivity contribution in [2.24, 2.45) is 0 Å².